The molecule has 0 saturated carbocycles. The Kier molecular flexibility index (Phi) is 8.99. The molecular formula is C20H13F21O. The van der Waals surface area contributed by atoms with Crippen molar-refractivity contribution in [3.8, 4) is 5.75 Å². The van der Waals surface area contributed by atoms with Crippen LogP contribution in [0.2, 0.25) is 0 Å². The Labute approximate surface area is 219 Å². The van der Waals surface area contributed by atoms with Crippen molar-refractivity contribution in [3.63, 3.8) is 0 Å². The maximum Gasteiger partial charge on any atom is 0.460 e. The molecule has 1 aromatic rings. The number of aryl methyl sites for hydroxylation is 1. The van der Waals surface area contributed by atoms with Crippen molar-refractivity contribution in [2.75, 3.05) is 0 Å². The Balaban J connectivity index is 3.81. The minimum atomic E-state index is -9.19. The number of hydrogen-bond donors (Lipinski definition) is 0. The number of rotatable bonds is 11. The Hall–Kier alpha value is -2.45. The van der Waals surface area contributed by atoms with Crippen LogP contribution >= 0.6 is 0 Å². The van der Waals surface area contributed by atoms with E-state index < -0.39 is 82.5 Å². The zero-order chi connectivity index (χ0) is 34.1. The standard InChI is InChI=1S/C20H13F21O/c1-7(2)42-10-5-4-9(6-8(10)3)11(21,22)12(23,24)13(25,26)14(27,28)15(29,30)16(31,32)17(33,34)18(35,36)19(37,38)20(39,40)41/h4-7H,1-3H3. The van der Waals surface area contributed by atoms with Crippen molar-refractivity contribution < 1.29 is 96.9 Å². The van der Waals surface area contributed by atoms with E-state index in [1.165, 1.54) is 13.8 Å². The Bertz CT molecular complexity index is 1130. The summed E-state index contributed by atoms with van der Waals surface area (Å²) in [5.74, 6) is -77.7. The van der Waals surface area contributed by atoms with E-state index in [0.717, 1.165) is 6.92 Å². The van der Waals surface area contributed by atoms with Gasteiger partial charge in [0.25, 0.3) is 0 Å². The molecule has 0 amide bonds. The molecule has 0 aliphatic rings. The van der Waals surface area contributed by atoms with Gasteiger partial charge in [-0.15, -0.1) is 0 Å². The third-order valence-corrected chi connectivity index (χ3v) is 5.41. The topological polar surface area (TPSA) is 9.23 Å². The van der Waals surface area contributed by atoms with Gasteiger partial charge in [0.05, 0.1) is 6.10 Å². The van der Waals surface area contributed by atoms with E-state index in [4.69, 9.17) is 4.74 Å². The molecule has 1 aromatic carbocycles. The molecule has 0 spiro atoms. The van der Waals surface area contributed by atoms with E-state index in [2.05, 4.69) is 0 Å². The predicted octanol–water partition coefficient (Wildman–Crippen LogP) is 9.52. The Morgan fingerprint density at radius 2 is 0.786 bits per heavy atom. The summed E-state index contributed by atoms with van der Waals surface area (Å²) in [4.78, 5) is 0. The van der Waals surface area contributed by atoms with Crippen molar-refractivity contribution in [3.05, 3.63) is 29.3 Å². The van der Waals surface area contributed by atoms with Gasteiger partial charge in [-0.3, -0.25) is 0 Å². The first kappa shape index (κ1) is 37.6. The van der Waals surface area contributed by atoms with Crippen LogP contribution in [0.3, 0.4) is 0 Å². The van der Waals surface area contributed by atoms with Crippen LogP contribution in [0.15, 0.2) is 18.2 Å². The highest BCUT2D eigenvalue weighted by Crippen LogP contribution is 2.67. The van der Waals surface area contributed by atoms with Crippen LogP contribution in [-0.2, 0) is 5.92 Å². The summed E-state index contributed by atoms with van der Waals surface area (Å²) in [6, 6.07) is -0.0921. The molecule has 22 heteroatoms. The third kappa shape index (κ3) is 4.86. The molecule has 0 saturated heterocycles. The quantitative estimate of drug-likeness (QED) is 0.214. The van der Waals surface area contributed by atoms with Gasteiger partial charge >= 0.3 is 59.5 Å². The van der Waals surface area contributed by atoms with Crippen LogP contribution < -0.4 is 4.74 Å². The lowest BCUT2D eigenvalue weighted by atomic mass is 9.85. The lowest BCUT2D eigenvalue weighted by Gasteiger charge is -2.44. The maximum atomic E-state index is 14.4. The molecular weight excluding hydrogens is 655 g/mol. The van der Waals surface area contributed by atoms with E-state index in [1.807, 2.05) is 0 Å². The van der Waals surface area contributed by atoms with Crippen LogP contribution in [0.1, 0.15) is 25.0 Å². The Morgan fingerprint density at radius 3 is 1.07 bits per heavy atom. The van der Waals surface area contributed by atoms with Crippen LogP contribution in [0.5, 0.6) is 5.75 Å². The number of hydrogen-bond acceptors (Lipinski definition) is 1. The zero-order valence-electron chi connectivity index (χ0n) is 20.2. The molecule has 0 heterocycles. The first-order valence-electron chi connectivity index (χ1n) is 10.3. The molecule has 0 fully saturated rings. The molecule has 0 unspecified atom stereocenters. The van der Waals surface area contributed by atoms with Gasteiger partial charge in [0.15, 0.2) is 0 Å². The van der Waals surface area contributed by atoms with E-state index in [0.29, 0.717) is 6.07 Å². The average molecular weight is 668 g/mol. The van der Waals surface area contributed by atoms with E-state index in [-0.39, 0.29) is 12.1 Å². The SMILES string of the molecule is Cc1cc(C(F)(F)C(F)(F)C(F)(F)C(F)(F)C(F)(F)C(F)(F)C(F)(F)C(F)(F)C(F)(F)C(F)(F)F)ccc1OC(C)C. The van der Waals surface area contributed by atoms with Gasteiger partial charge in [-0.25, -0.2) is 0 Å². The van der Waals surface area contributed by atoms with Crippen LogP contribution in [-0.4, -0.2) is 59.7 Å². The smallest absolute Gasteiger partial charge is 0.460 e. The van der Waals surface area contributed by atoms with Crippen molar-refractivity contribution in [2.24, 2.45) is 0 Å². The summed E-state index contributed by atoms with van der Waals surface area (Å²) < 4.78 is 289. The second-order valence-corrected chi connectivity index (χ2v) is 8.81. The van der Waals surface area contributed by atoms with Gasteiger partial charge in [0, 0.05) is 5.56 Å². The van der Waals surface area contributed by atoms with Gasteiger partial charge in [-0.1, -0.05) is 0 Å². The zero-order valence-corrected chi connectivity index (χ0v) is 20.2. The number of ether oxygens (including phenoxy) is 1. The monoisotopic (exact) mass is 668 g/mol. The van der Waals surface area contributed by atoms with Crippen molar-refractivity contribution in [1.82, 2.24) is 0 Å². The summed E-state index contributed by atoms with van der Waals surface area (Å²) in [7, 11) is 0. The molecule has 1 nitrogen and oxygen atoms in total. The van der Waals surface area contributed by atoms with Gasteiger partial charge in [-0.05, 0) is 44.5 Å². The number of benzene rings is 1. The second kappa shape index (κ2) is 10.0. The van der Waals surface area contributed by atoms with Gasteiger partial charge in [0.1, 0.15) is 5.75 Å². The summed E-state index contributed by atoms with van der Waals surface area (Å²) >= 11 is 0. The first-order valence-corrected chi connectivity index (χ1v) is 10.3. The summed E-state index contributed by atoms with van der Waals surface area (Å²) in [6.45, 7) is 3.40. The molecule has 246 valence electrons. The van der Waals surface area contributed by atoms with Crippen molar-refractivity contribution in [2.45, 2.75) is 86.4 Å². The lowest BCUT2D eigenvalue weighted by Crippen LogP contribution is -2.76. The third-order valence-electron chi connectivity index (χ3n) is 5.41. The minimum Gasteiger partial charge on any atom is -0.491 e. The Morgan fingerprint density at radius 1 is 0.476 bits per heavy atom. The molecule has 0 radical (unpaired) electrons. The van der Waals surface area contributed by atoms with E-state index >= 15 is 0 Å². The first-order chi connectivity index (χ1) is 18.1. The molecule has 0 aliphatic heterocycles. The van der Waals surface area contributed by atoms with Crippen LogP contribution in [0.25, 0.3) is 0 Å². The molecule has 1 rings (SSSR count). The highest BCUT2D eigenvalue weighted by molar-refractivity contribution is 5.39. The van der Waals surface area contributed by atoms with Gasteiger partial charge < -0.3 is 4.74 Å². The number of alkyl halides is 21. The van der Waals surface area contributed by atoms with Crippen molar-refractivity contribution >= 4 is 0 Å². The normalized spacial score (nSPS) is 15.8. The van der Waals surface area contributed by atoms with Gasteiger partial charge in [-0.2, -0.15) is 92.2 Å². The molecule has 0 aromatic heterocycles. The van der Waals surface area contributed by atoms with E-state index in [1.54, 1.807) is 0 Å². The molecule has 0 bridgehead atoms. The van der Waals surface area contributed by atoms with Crippen LogP contribution in [0, 0.1) is 6.92 Å². The second-order valence-electron chi connectivity index (χ2n) is 8.81. The minimum absolute atomic E-state index is 0.180. The number of halogens is 21. The largest absolute Gasteiger partial charge is 0.491 e. The summed E-state index contributed by atoms with van der Waals surface area (Å²) in [5, 5.41) is 0. The van der Waals surface area contributed by atoms with Crippen molar-refractivity contribution in [1.29, 1.82) is 0 Å². The van der Waals surface area contributed by atoms with Gasteiger partial charge in [0.2, 0.25) is 0 Å². The van der Waals surface area contributed by atoms with Crippen LogP contribution in [0.4, 0.5) is 92.2 Å². The lowest BCUT2D eigenvalue weighted by molar-refractivity contribution is -0.474. The molecule has 0 aliphatic carbocycles. The van der Waals surface area contributed by atoms with E-state index in [9.17, 15) is 92.2 Å². The molecule has 0 N–H and O–H groups in total. The predicted molar refractivity (Wildman–Crippen MR) is 96.5 cm³/mol. The fraction of sp³-hybridized carbons (Fsp3) is 0.700. The molecule has 42 heavy (non-hydrogen) atoms. The molecule has 0 atom stereocenters. The summed E-state index contributed by atoms with van der Waals surface area (Å²) in [6.07, 6.45) is -8.77. The highest BCUT2D eigenvalue weighted by atomic mass is 19.4. The fourth-order valence-corrected chi connectivity index (χ4v) is 2.97. The fourth-order valence-electron chi connectivity index (χ4n) is 2.97. The highest BCUT2D eigenvalue weighted by Gasteiger charge is 2.97. The summed E-state index contributed by atoms with van der Waals surface area (Å²) in [5.41, 5.74) is -3.08. The average Bonchev–Trinajstić information content (AvgIpc) is 2.78. The maximum absolute atomic E-state index is 14.4.